The standard InChI is InChI=1S/C21H33NO5Si/c1-7-14-25-19(23)18(13-15-27-28(5,6)21(2,3)4)22-20(24)26-16-17-11-9-8-10-12-17/h7-12,18H,1,13-16H2,2-6H3,(H,22,24)/t18-/m0/s1. The highest BCUT2D eigenvalue weighted by Gasteiger charge is 2.37. The molecular weight excluding hydrogens is 374 g/mol. The van der Waals surface area contributed by atoms with Crippen molar-refractivity contribution in [3.8, 4) is 0 Å². The van der Waals surface area contributed by atoms with Gasteiger partial charge in [0.1, 0.15) is 19.3 Å². The summed E-state index contributed by atoms with van der Waals surface area (Å²) < 4.78 is 16.4. The molecule has 1 rings (SSSR count). The minimum Gasteiger partial charge on any atom is -0.460 e. The first-order valence-electron chi connectivity index (χ1n) is 9.45. The van der Waals surface area contributed by atoms with Crippen LogP contribution in [0.5, 0.6) is 0 Å². The van der Waals surface area contributed by atoms with Gasteiger partial charge in [-0.3, -0.25) is 0 Å². The van der Waals surface area contributed by atoms with Gasteiger partial charge in [0.25, 0.3) is 0 Å². The average molecular weight is 408 g/mol. The molecule has 0 aliphatic carbocycles. The maximum atomic E-state index is 12.3. The van der Waals surface area contributed by atoms with Crippen LogP contribution in [0.25, 0.3) is 0 Å². The van der Waals surface area contributed by atoms with Crippen LogP contribution in [0.15, 0.2) is 43.0 Å². The van der Waals surface area contributed by atoms with E-state index in [1.807, 2.05) is 30.3 Å². The molecule has 1 amide bonds. The Hall–Kier alpha value is -2.12. The van der Waals surface area contributed by atoms with Gasteiger partial charge in [0.05, 0.1) is 0 Å². The van der Waals surface area contributed by atoms with E-state index in [0.29, 0.717) is 13.0 Å². The van der Waals surface area contributed by atoms with Gasteiger partial charge in [0.15, 0.2) is 8.32 Å². The van der Waals surface area contributed by atoms with E-state index in [0.717, 1.165) is 5.56 Å². The summed E-state index contributed by atoms with van der Waals surface area (Å²) in [6, 6.07) is 8.49. The number of esters is 1. The molecule has 28 heavy (non-hydrogen) atoms. The van der Waals surface area contributed by atoms with Crippen LogP contribution < -0.4 is 5.32 Å². The molecule has 0 spiro atoms. The third-order valence-electron chi connectivity index (χ3n) is 4.81. The highest BCUT2D eigenvalue weighted by atomic mass is 28.4. The number of nitrogens with one attached hydrogen (secondary N) is 1. The third kappa shape index (κ3) is 8.27. The van der Waals surface area contributed by atoms with E-state index in [2.05, 4.69) is 45.8 Å². The molecule has 0 bridgehead atoms. The summed E-state index contributed by atoms with van der Waals surface area (Å²) in [4.78, 5) is 24.4. The summed E-state index contributed by atoms with van der Waals surface area (Å²) in [5, 5.41) is 2.65. The molecule has 6 nitrogen and oxygen atoms in total. The lowest BCUT2D eigenvalue weighted by Crippen LogP contribution is -2.45. The molecule has 1 aromatic rings. The molecule has 0 aliphatic heterocycles. The first-order chi connectivity index (χ1) is 13.1. The molecule has 0 saturated carbocycles. The minimum atomic E-state index is -1.94. The van der Waals surface area contributed by atoms with Crippen LogP contribution in [0.1, 0.15) is 32.8 Å². The fraction of sp³-hybridized carbons (Fsp3) is 0.524. The predicted molar refractivity (Wildman–Crippen MR) is 112 cm³/mol. The van der Waals surface area contributed by atoms with Gasteiger partial charge in [-0.1, -0.05) is 63.8 Å². The maximum absolute atomic E-state index is 12.3. The number of benzene rings is 1. The second kappa shape index (κ2) is 11.0. The summed E-state index contributed by atoms with van der Waals surface area (Å²) in [6.45, 7) is 14.8. The van der Waals surface area contributed by atoms with Crippen LogP contribution in [0.3, 0.4) is 0 Å². The molecule has 0 radical (unpaired) electrons. The summed E-state index contributed by atoms with van der Waals surface area (Å²) >= 11 is 0. The Morgan fingerprint density at radius 3 is 2.39 bits per heavy atom. The van der Waals surface area contributed by atoms with Gasteiger partial charge >= 0.3 is 12.1 Å². The lowest BCUT2D eigenvalue weighted by atomic mass is 10.2. The Morgan fingerprint density at radius 2 is 1.82 bits per heavy atom. The van der Waals surface area contributed by atoms with Gasteiger partial charge in [0.2, 0.25) is 0 Å². The number of hydrogen-bond acceptors (Lipinski definition) is 5. The second-order valence-electron chi connectivity index (χ2n) is 8.07. The van der Waals surface area contributed by atoms with Crippen molar-refractivity contribution in [2.24, 2.45) is 0 Å². The molecule has 0 unspecified atom stereocenters. The van der Waals surface area contributed by atoms with E-state index >= 15 is 0 Å². The van der Waals surface area contributed by atoms with Crippen molar-refractivity contribution in [2.75, 3.05) is 13.2 Å². The molecule has 156 valence electrons. The summed E-state index contributed by atoms with van der Waals surface area (Å²) in [7, 11) is -1.94. The van der Waals surface area contributed by atoms with Crippen LogP contribution >= 0.6 is 0 Å². The zero-order valence-electron chi connectivity index (χ0n) is 17.6. The molecule has 1 atom stereocenters. The van der Waals surface area contributed by atoms with Crippen LogP contribution in [-0.2, 0) is 25.3 Å². The van der Waals surface area contributed by atoms with Gasteiger partial charge in [-0.2, -0.15) is 0 Å². The molecule has 7 heteroatoms. The fourth-order valence-electron chi connectivity index (χ4n) is 2.05. The average Bonchev–Trinajstić information content (AvgIpc) is 2.63. The lowest BCUT2D eigenvalue weighted by Gasteiger charge is -2.36. The number of rotatable bonds is 10. The second-order valence-corrected chi connectivity index (χ2v) is 12.9. The number of alkyl carbamates (subject to hydrolysis) is 1. The van der Waals surface area contributed by atoms with Gasteiger partial charge in [0, 0.05) is 13.0 Å². The first kappa shape index (κ1) is 23.9. The lowest BCUT2D eigenvalue weighted by molar-refractivity contribution is -0.145. The Morgan fingerprint density at radius 1 is 1.18 bits per heavy atom. The van der Waals surface area contributed by atoms with Gasteiger partial charge in [-0.15, -0.1) is 0 Å². The minimum absolute atomic E-state index is 0.0634. The van der Waals surface area contributed by atoms with Crippen LogP contribution in [0, 0.1) is 0 Å². The third-order valence-corrected chi connectivity index (χ3v) is 9.35. The molecule has 0 heterocycles. The van der Waals surface area contributed by atoms with Crippen LogP contribution in [0.4, 0.5) is 4.79 Å². The van der Waals surface area contributed by atoms with E-state index in [-0.39, 0.29) is 18.3 Å². The molecule has 1 N–H and O–H groups in total. The number of ether oxygens (including phenoxy) is 2. The predicted octanol–water partition coefficient (Wildman–Crippen LogP) is 4.42. The molecule has 0 aromatic heterocycles. The summed E-state index contributed by atoms with van der Waals surface area (Å²) in [5.74, 6) is -0.532. The quantitative estimate of drug-likeness (QED) is 0.353. The van der Waals surface area contributed by atoms with Crippen LogP contribution in [0.2, 0.25) is 18.1 Å². The monoisotopic (exact) mass is 407 g/mol. The van der Waals surface area contributed by atoms with E-state index in [1.165, 1.54) is 6.08 Å². The van der Waals surface area contributed by atoms with Crippen molar-refractivity contribution in [2.45, 2.75) is 58.0 Å². The molecular formula is C21H33NO5Si. The zero-order chi connectivity index (χ0) is 21.2. The van der Waals surface area contributed by atoms with Crippen LogP contribution in [-0.4, -0.2) is 39.6 Å². The van der Waals surface area contributed by atoms with E-state index < -0.39 is 26.4 Å². The number of hydrogen-bond donors (Lipinski definition) is 1. The number of amides is 1. The molecule has 0 saturated heterocycles. The number of carbonyl (C=O) groups excluding carboxylic acids is 2. The van der Waals surface area contributed by atoms with Crippen molar-refractivity contribution in [3.63, 3.8) is 0 Å². The van der Waals surface area contributed by atoms with Crippen molar-refractivity contribution in [3.05, 3.63) is 48.6 Å². The Labute approximate surface area is 169 Å². The van der Waals surface area contributed by atoms with Gasteiger partial charge in [-0.05, 0) is 23.7 Å². The molecule has 1 aromatic carbocycles. The van der Waals surface area contributed by atoms with Crippen molar-refractivity contribution >= 4 is 20.4 Å². The fourth-order valence-corrected chi connectivity index (χ4v) is 3.11. The Kier molecular flexibility index (Phi) is 9.41. The van der Waals surface area contributed by atoms with E-state index in [9.17, 15) is 9.59 Å². The van der Waals surface area contributed by atoms with Crippen molar-refractivity contribution < 1.29 is 23.5 Å². The first-order valence-corrected chi connectivity index (χ1v) is 12.4. The van der Waals surface area contributed by atoms with Gasteiger partial charge < -0.3 is 19.2 Å². The molecule has 0 aliphatic rings. The highest BCUT2D eigenvalue weighted by molar-refractivity contribution is 6.74. The molecule has 0 fully saturated rings. The summed E-state index contributed by atoms with van der Waals surface area (Å²) in [6.07, 6.45) is 1.12. The zero-order valence-corrected chi connectivity index (χ0v) is 18.6. The number of carbonyl (C=O) groups is 2. The van der Waals surface area contributed by atoms with E-state index in [1.54, 1.807) is 0 Å². The SMILES string of the molecule is C=CCOC(=O)[C@H](CCO[Si](C)(C)C(C)(C)C)NC(=O)OCc1ccccc1. The smallest absolute Gasteiger partial charge is 0.408 e. The topological polar surface area (TPSA) is 73.9 Å². The summed E-state index contributed by atoms with van der Waals surface area (Å²) in [5.41, 5.74) is 0.865. The van der Waals surface area contributed by atoms with Gasteiger partial charge in [-0.25, -0.2) is 9.59 Å². The van der Waals surface area contributed by atoms with E-state index in [4.69, 9.17) is 13.9 Å². The maximum Gasteiger partial charge on any atom is 0.408 e. The normalized spacial score (nSPS) is 12.8. The Bertz CT molecular complexity index is 640. The largest absolute Gasteiger partial charge is 0.460 e. The highest BCUT2D eigenvalue weighted by Crippen LogP contribution is 2.36. The van der Waals surface area contributed by atoms with Crippen molar-refractivity contribution in [1.82, 2.24) is 5.32 Å². The van der Waals surface area contributed by atoms with Crippen molar-refractivity contribution in [1.29, 1.82) is 0 Å². The Balaban J connectivity index is 2.62.